The van der Waals surface area contributed by atoms with Crippen molar-refractivity contribution in [2.45, 2.75) is 23.9 Å². The molecule has 0 unspecified atom stereocenters. The molecule has 1 N–H and O–H groups in total. The lowest BCUT2D eigenvalue weighted by molar-refractivity contribution is 0.674. The van der Waals surface area contributed by atoms with E-state index in [-0.39, 0.29) is 0 Å². The van der Waals surface area contributed by atoms with Crippen LogP contribution < -0.4 is 5.32 Å². The summed E-state index contributed by atoms with van der Waals surface area (Å²) < 4.78 is 0. The Kier molecular flexibility index (Phi) is 3.25. The van der Waals surface area contributed by atoms with Gasteiger partial charge in [0.2, 0.25) is 0 Å². The molecular formula is C13H15N3S. The zero-order valence-electron chi connectivity index (χ0n) is 9.60. The Hall–Kier alpha value is -1.13. The monoisotopic (exact) mass is 245 g/mol. The van der Waals surface area contributed by atoms with E-state index in [2.05, 4.69) is 21.4 Å². The lowest BCUT2D eigenvalue weighted by Crippen LogP contribution is -2.23. The molecule has 0 saturated carbocycles. The maximum Gasteiger partial charge on any atom is 0.117 e. The average Bonchev–Trinajstić information content (AvgIpc) is 2.89. The molecule has 0 bridgehead atoms. The minimum Gasteiger partial charge on any atom is -0.313 e. The van der Waals surface area contributed by atoms with E-state index in [1.165, 1.54) is 12.8 Å². The van der Waals surface area contributed by atoms with Gasteiger partial charge in [0.25, 0.3) is 0 Å². The number of nitrogens with one attached hydrogen (secondary N) is 1. The van der Waals surface area contributed by atoms with Crippen LogP contribution in [0.5, 0.6) is 0 Å². The standard InChI is InChI=1S/C13H15N3S/c1-2-6-12-11(5-1)13(16-9-15-12)17-8-10-4-3-7-14-10/h1-2,5-6,9-10,14H,3-4,7-8H2/t10-/m1/s1. The molecule has 0 spiro atoms. The third-order valence-electron chi connectivity index (χ3n) is 3.09. The van der Waals surface area contributed by atoms with Gasteiger partial charge in [-0.1, -0.05) is 18.2 Å². The molecular weight excluding hydrogens is 230 g/mol. The molecule has 1 atom stereocenters. The molecule has 1 aromatic carbocycles. The summed E-state index contributed by atoms with van der Waals surface area (Å²) in [5.41, 5.74) is 1.03. The Morgan fingerprint density at radius 3 is 3.12 bits per heavy atom. The number of benzene rings is 1. The Balaban J connectivity index is 1.79. The molecule has 88 valence electrons. The van der Waals surface area contributed by atoms with Crippen LogP contribution in [-0.2, 0) is 0 Å². The van der Waals surface area contributed by atoms with Gasteiger partial charge < -0.3 is 5.32 Å². The van der Waals surface area contributed by atoms with Crippen molar-refractivity contribution < 1.29 is 0 Å². The molecule has 1 aromatic heterocycles. The van der Waals surface area contributed by atoms with E-state index >= 15 is 0 Å². The summed E-state index contributed by atoms with van der Waals surface area (Å²) in [5, 5.41) is 5.78. The molecule has 1 aliphatic heterocycles. The molecule has 0 amide bonds. The van der Waals surface area contributed by atoms with Crippen LogP contribution in [0.4, 0.5) is 0 Å². The van der Waals surface area contributed by atoms with E-state index < -0.39 is 0 Å². The summed E-state index contributed by atoms with van der Waals surface area (Å²) in [6, 6.07) is 8.84. The quantitative estimate of drug-likeness (QED) is 0.666. The minimum absolute atomic E-state index is 0.647. The van der Waals surface area contributed by atoms with Crippen molar-refractivity contribution in [3.8, 4) is 0 Å². The zero-order chi connectivity index (χ0) is 11.5. The van der Waals surface area contributed by atoms with Gasteiger partial charge in [-0.2, -0.15) is 0 Å². The van der Waals surface area contributed by atoms with Gasteiger partial charge in [-0.25, -0.2) is 9.97 Å². The fraction of sp³-hybridized carbons (Fsp3) is 0.385. The highest BCUT2D eigenvalue weighted by molar-refractivity contribution is 7.99. The second-order valence-electron chi connectivity index (χ2n) is 4.30. The number of hydrogen-bond acceptors (Lipinski definition) is 4. The fourth-order valence-corrected chi connectivity index (χ4v) is 3.27. The maximum absolute atomic E-state index is 4.39. The molecule has 1 saturated heterocycles. The van der Waals surface area contributed by atoms with Crippen molar-refractivity contribution in [1.29, 1.82) is 0 Å². The third-order valence-corrected chi connectivity index (χ3v) is 4.26. The molecule has 3 rings (SSSR count). The van der Waals surface area contributed by atoms with E-state index in [0.29, 0.717) is 6.04 Å². The predicted molar refractivity (Wildman–Crippen MR) is 71.3 cm³/mol. The van der Waals surface area contributed by atoms with E-state index in [1.54, 1.807) is 6.33 Å². The van der Waals surface area contributed by atoms with Crippen molar-refractivity contribution in [3.05, 3.63) is 30.6 Å². The first-order chi connectivity index (χ1) is 8.43. The normalized spacial score (nSPS) is 19.9. The van der Waals surface area contributed by atoms with Gasteiger partial charge in [-0.05, 0) is 25.5 Å². The number of nitrogens with zero attached hydrogens (tertiary/aromatic N) is 2. The fourth-order valence-electron chi connectivity index (χ4n) is 2.17. The van der Waals surface area contributed by atoms with Gasteiger partial charge in [-0.15, -0.1) is 11.8 Å². The molecule has 1 fully saturated rings. The van der Waals surface area contributed by atoms with Crippen LogP contribution in [0.1, 0.15) is 12.8 Å². The number of thioether (sulfide) groups is 1. The van der Waals surface area contributed by atoms with E-state index in [4.69, 9.17) is 0 Å². The van der Waals surface area contributed by atoms with Crippen molar-refractivity contribution in [2.75, 3.05) is 12.3 Å². The van der Waals surface area contributed by atoms with Crippen molar-refractivity contribution in [2.24, 2.45) is 0 Å². The number of aromatic nitrogens is 2. The third kappa shape index (κ3) is 2.42. The second kappa shape index (κ2) is 5.02. The van der Waals surface area contributed by atoms with E-state index in [0.717, 1.165) is 28.2 Å². The lowest BCUT2D eigenvalue weighted by Gasteiger charge is -2.09. The van der Waals surface area contributed by atoms with Crippen LogP contribution in [0.15, 0.2) is 35.6 Å². The van der Waals surface area contributed by atoms with Gasteiger partial charge in [0.1, 0.15) is 11.4 Å². The van der Waals surface area contributed by atoms with Crippen molar-refractivity contribution >= 4 is 22.7 Å². The number of fused-ring (bicyclic) bond motifs is 1. The summed E-state index contributed by atoms with van der Waals surface area (Å²) in [4.78, 5) is 8.67. The molecule has 1 aliphatic rings. The number of hydrogen-bond donors (Lipinski definition) is 1. The largest absolute Gasteiger partial charge is 0.313 e. The minimum atomic E-state index is 0.647. The van der Waals surface area contributed by atoms with Gasteiger partial charge in [0, 0.05) is 17.2 Å². The van der Waals surface area contributed by atoms with Gasteiger partial charge >= 0.3 is 0 Å². The van der Waals surface area contributed by atoms with Gasteiger partial charge in [-0.3, -0.25) is 0 Å². The van der Waals surface area contributed by atoms with Crippen LogP contribution in [0.2, 0.25) is 0 Å². The van der Waals surface area contributed by atoms with Crippen LogP contribution >= 0.6 is 11.8 Å². The predicted octanol–water partition coefficient (Wildman–Crippen LogP) is 2.47. The maximum atomic E-state index is 4.39. The van der Waals surface area contributed by atoms with Crippen molar-refractivity contribution in [3.63, 3.8) is 0 Å². The van der Waals surface area contributed by atoms with E-state index in [1.807, 2.05) is 30.0 Å². The van der Waals surface area contributed by atoms with Gasteiger partial charge in [0.15, 0.2) is 0 Å². The summed E-state index contributed by atoms with van der Waals surface area (Å²) in [6.07, 6.45) is 4.25. The first-order valence-electron chi connectivity index (χ1n) is 5.99. The second-order valence-corrected chi connectivity index (χ2v) is 5.31. The lowest BCUT2D eigenvalue weighted by atomic mass is 10.2. The highest BCUT2D eigenvalue weighted by atomic mass is 32.2. The Bertz CT molecular complexity index is 503. The van der Waals surface area contributed by atoms with Crippen LogP contribution in [0.3, 0.4) is 0 Å². The summed E-state index contributed by atoms with van der Waals surface area (Å²) in [5.74, 6) is 1.10. The van der Waals surface area contributed by atoms with Crippen LogP contribution in [-0.4, -0.2) is 28.3 Å². The van der Waals surface area contributed by atoms with E-state index in [9.17, 15) is 0 Å². The summed E-state index contributed by atoms with van der Waals surface area (Å²) in [7, 11) is 0. The molecule has 0 radical (unpaired) electrons. The highest BCUT2D eigenvalue weighted by Gasteiger charge is 2.15. The SMILES string of the molecule is c1ccc2c(SC[C@H]3CCCN3)ncnc2c1. The number of rotatable bonds is 3. The smallest absolute Gasteiger partial charge is 0.117 e. The first-order valence-corrected chi connectivity index (χ1v) is 6.98. The van der Waals surface area contributed by atoms with Gasteiger partial charge in [0.05, 0.1) is 5.52 Å². The Morgan fingerprint density at radius 2 is 2.24 bits per heavy atom. The molecule has 4 heteroatoms. The molecule has 2 heterocycles. The summed E-state index contributed by atoms with van der Waals surface area (Å²) in [6.45, 7) is 1.16. The van der Waals surface area contributed by atoms with Crippen LogP contribution in [0, 0.1) is 0 Å². The Morgan fingerprint density at radius 1 is 1.29 bits per heavy atom. The first kappa shape index (κ1) is 11.0. The molecule has 2 aromatic rings. The number of para-hydroxylation sites is 1. The molecule has 0 aliphatic carbocycles. The summed E-state index contributed by atoms with van der Waals surface area (Å²) >= 11 is 1.83. The average molecular weight is 245 g/mol. The Labute approximate surface area is 105 Å². The highest BCUT2D eigenvalue weighted by Crippen LogP contribution is 2.25. The van der Waals surface area contributed by atoms with Crippen molar-refractivity contribution in [1.82, 2.24) is 15.3 Å². The van der Waals surface area contributed by atoms with Crippen LogP contribution in [0.25, 0.3) is 10.9 Å². The molecule has 17 heavy (non-hydrogen) atoms. The topological polar surface area (TPSA) is 37.8 Å². The molecule has 3 nitrogen and oxygen atoms in total. The zero-order valence-corrected chi connectivity index (χ0v) is 10.4.